The van der Waals surface area contributed by atoms with Gasteiger partial charge in [0.2, 0.25) is 0 Å². The first-order valence-electron chi connectivity index (χ1n) is 2.77. The second kappa shape index (κ2) is 5.06. The van der Waals surface area contributed by atoms with Gasteiger partial charge in [-0.25, -0.2) is 9.59 Å². The zero-order valence-corrected chi connectivity index (χ0v) is 5.63. The van der Waals surface area contributed by atoms with E-state index in [1.807, 2.05) is 0 Å². The van der Waals surface area contributed by atoms with Crippen LogP contribution in [0.4, 0.5) is 0 Å². The zero-order valence-electron chi connectivity index (χ0n) is 5.63. The predicted octanol–water partition coefficient (Wildman–Crippen LogP) is 0.0475. The quantitative estimate of drug-likeness (QED) is 0.438. The molecule has 0 spiro atoms. The van der Waals surface area contributed by atoms with E-state index in [2.05, 4.69) is 0 Å². The molecule has 0 aromatic rings. The summed E-state index contributed by atoms with van der Waals surface area (Å²) in [7, 11) is 0. The SMILES string of the molecule is N=CC(=C=O)C(C=N)C=C=O. The molecule has 0 rings (SSSR count). The first-order valence-corrected chi connectivity index (χ1v) is 2.77. The van der Waals surface area contributed by atoms with Gasteiger partial charge in [-0.1, -0.05) is 0 Å². The van der Waals surface area contributed by atoms with Crippen molar-refractivity contribution in [2.75, 3.05) is 0 Å². The van der Waals surface area contributed by atoms with Crippen molar-refractivity contribution >= 4 is 24.3 Å². The third-order valence-electron chi connectivity index (χ3n) is 1.06. The second-order valence-corrected chi connectivity index (χ2v) is 1.68. The molecule has 56 valence electrons. The van der Waals surface area contributed by atoms with E-state index in [4.69, 9.17) is 10.8 Å². The van der Waals surface area contributed by atoms with Gasteiger partial charge in [0.1, 0.15) is 11.9 Å². The Morgan fingerprint density at radius 3 is 2.27 bits per heavy atom. The predicted molar refractivity (Wildman–Crippen MR) is 40.5 cm³/mol. The molecule has 11 heavy (non-hydrogen) atoms. The van der Waals surface area contributed by atoms with Gasteiger partial charge in [0.25, 0.3) is 0 Å². The van der Waals surface area contributed by atoms with Crippen molar-refractivity contribution in [2.24, 2.45) is 5.92 Å². The smallest absolute Gasteiger partial charge is 0.130 e. The van der Waals surface area contributed by atoms with Gasteiger partial charge in [-0.2, -0.15) is 0 Å². The van der Waals surface area contributed by atoms with E-state index in [1.165, 1.54) is 11.9 Å². The molecule has 0 heterocycles. The second-order valence-electron chi connectivity index (χ2n) is 1.68. The Hall–Kier alpha value is -1.76. The normalized spacial score (nSPS) is 10.2. The third-order valence-corrected chi connectivity index (χ3v) is 1.06. The Morgan fingerprint density at radius 2 is 2.00 bits per heavy atom. The average Bonchev–Trinajstić information content (AvgIpc) is 2.05. The average molecular weight is 150 g/mol. The molecule has 0 bridgehead atoms. The summed E-state index contributed by atoms with van der Waals surface area (Å²) in [6.07, 6.45) is 2.62. The molecule has 0 aliphatic carbocycles. The first kappa shape index (κ1) is 9.24. The molecule has 0 aliphatic heterocycles. The van der Waals surface area contributed by atoms with Gasteiger partial charge in [0.05, 0.1) is 11.5 Å². The van der Waals surface area contributed by atoms with Crippen molar-refractivity contribution in [3.05, 3.63) is 11.6 Å². The van der Waals surface area contributed by atoms with Crippen LogP contribution in [0.15, 0.2) is 11.6 Å². The van der Waals surface area contributed by atoms with Crippen LogP contribution in [0.1, 0.15) is 0 Å². The Kier molecular flexibility index (Phi) is 4.25. The summed E-state index contributed by atoms with van der Waals surface area (Å²) < 4.78 is 0. The lowest BCUT2D eigenvalue weighted by Gasteiger charge is -1.97. The summed E-state index contributed by atoms with van der Waals surface area (Å²) in [5, 5.41) is 13.5. The summed E-state index contributed by atoms with van der Waals surface area (Å²) >= 11 is 0. The third kappa shape index (κ3) is 2.54. The molecule has 0 saturated carbocycles. The number of rotatable bonds is 4. The molecule has 0 amide bonds. The highest BCUT2D eigenvalue weighted by atomic mass is 16.1. The molecule has 0 saturated heterocycles. The van der Waals surface area contributed by atoms with Gasteiger partial charge in [0.15, 0.2) is 0 Å². The van der Waals surface area contributed by atoms with Crippen molar-refractivity contribution in [2.45, 2.75) is 0 Å². The molecule has 1 atom stereocenters. The molecule has 0 aromatic heterocycles. The lowest BCUT2D eigenvalue weighted by atomic mass is 10.0. The van der Waals surface area contributed by atoms with E-state index in [0.29, 0.717) is 0 Å². The van der Waals surface area contributed by atoms with E-state index in [1.54, 1.807) is 0 Å². The fraction of sp³-hybridized carbons (Fsp3) is 0.143. The number of carbonyl (C=O) groups excluding carboxylic acids is 2. The number of hydrogen-bond donors (Lipinski definition) is 2. The summed E-state index contributed by atoms with van der Waals surface area (Å²) in [4.78, 5) is 19.9. The highest BCUT2D eigenvalue weighted by Crippen LogP contribution is 2.01. The molecular formula is C7H6N2O2. The van der Waals surface area contributed by atoms with Crippen LogP contribution in [0.25, 0.3) is 0 Å². The van der Waals surface area contributed by atoms with Gasteiger partial charge in [0, 0.05) is 18.5 Å². The molecule has 2 N–H and O–H groups in total. The van der Waals surface area contributed by atoms with E-state index >= 15 is 0 Å². The maximum absolute atomic E-state index is 10.0. The Balaban J connectivity index is 4.74. The van der Waals surface area contributed by atoms with Crippen molar-refractivity contribution in [3.63, 3.8) is 0 Å². The highest BCUT2D eigenvalue weighted by molar-refractivity contribution is 5.94. The molecule has 0 radical (unpaired) electrons. The van der Waals surface area contributed by atoms with Crippen molar-refractivity contribution in [1.82, 2.24) is 0 Å². The van der Waals surface area contributed by atoms with Gasteiger partial charge >= 0.3 is 0 Å². The van der Waals surface area contributed by atoms with Crippen molar-refractivity contribution in [1.29, 1.82) is 10.8 Å². The molecule has 4 nitrogen and oxygen atoms in total. The Bertz CT molecular complexity index is 258. The van der Waals surface area contributed by atoms with Crippen LogP contribution in [-0.2, 0) is 9.59 Å². The standard InChI is InChI=1S/C7H6N2O2/c8-3-6(1-2-10)7(4-9)5-11/h1,3-4,6,8-9H. The van der Waals surface area contributed by atoms with Crippen LogP contribution in [-0.4, -0.2) is 24.3 Å². The molecule has 4 heteroatoms. The molecule has 0 fully saturated rings. The highest BCUT2D eigenvalue weighted by Gasteiger charge is 2.06. The summed E-state index contributed by atoms with van der Waals surface area (Å²) in [6.45, 7) is 0. The lowest BCUT2D eigenvalue weighted by Crippen LogP contribution is -2.03. The van der Waals surface area contributed by atoms with Gasteiger partial charge in [-0.05, 0) is 0 Å². The van der Waals surface area contributed by atoms with Crippen LogP contribution in [0.5, 0.6) is 0 Å². The van der Waals surface area contributed by atoms with Crippen LogP contribution in [0, 0.1) is 16.7 Å². The first-order chi connectivity index (χ1) is 5.29. The molecule has 0 aliphatic rings. The minimum atomic E-state index is -0.762. The lowest BCUT2D eigenvalue weighted by molar-refractivity contribution is 0.566. The van der Waals surface area contributed by atoms with Crippen LogP contribution in [0.2, 0.25) is 0 Å². The Labute approximate surface area is 63.2 Å². The summed E-state index contributed by atoms with van der Waals surface area (Å²) in [6, 6.07) is 0. The maximum Gasteiger partial charge on any atom is 0.130 e. The molecular weight excluding hydrogens is 144 g/mol. The largest absolute Gasteiger partial charge is 0.312 e. The minimum absolute atomic E-state index is 0.0525. The number of allylic oxidation sites excluding steroid dienone is 2. The molecule has 1 unspecified atom stereocenters. The van der Waals surface area contributed by atoms with E-state index in [-0.39, 0.29) is 5.57 Å². The topological polar surface area (TPSA) is 81.8 Å². The summed E-state index contributed by atoms with van der Waals surface area (Å²) in [5.74, 6) is 2.13. The van der Waals surface area contributed by atoms with Gasteiger partial charge in [-0.15, -0.1) is 0 Å². The van der Waals surface area contributed by atoms with E-state index in [9.17, 15) is 9.59 Å². The van der Waals surface area contributed by atoms with Crippen molar-refractivity contribution in [3.8, 4) is 0 Å². The maximum atomic E-state index is 10.0. The molecule has 0 aromatic carbocycles. The Morgan fingerprint density at radius 1 is 1.36 bits per heavy atom. The van der Waals surface area contributed by atoms with Gasteiger partial charge < -0.3 is 10.8 Å². The zero-order chi connectivity index (χ0) is 8.69. The monoisotopic (exact) mass is 150 g/mol. The fourth-order valence-electron chi connectivity index (χ4n) is 0.495. The van der Waals surface area contributed by atoms with E-state index < -0.39 is 5.92 Å². The van der Waals surface area contributed by atoms with Crippen LogP contribution in [0.3, 0.4) is 0 Å². The number of nitrogens with one attached hydrogen (secondary N) is 2. The summed E-state index contributed by atoms with van der Waals surface area (Å²) in [5.41, 5.74) is -0.0525. The van der Waals surface area contributed by atoms with E-state index in [0.717, 1.165) is 18.5 Å². The van der Waals surface area contributed by atoms with Crippen LogP contribution >= 0.6 is 0 Å². The minimum Gasteiger partial charge on any atom is -0.312 e. The van der Waals surface area contributed by atoms with Crippen LogP contribution < -0.4 is 0 Å². The van der Waals surface area contributed by atoms with Gasteiger partial charge in [-0.3, -0.25) is 0 Å². The number of hydrogen-bond acceptors (Lipinski definition) is 4. The fourth-order valence-corrected chi connectivity index (χ4v) is 0.495. The van der Waals surface area contributed by atoms with Crippen molar-refractivity contribution < 1.29 is 9.59 Å².